The zero-order valence-electron chi connectivity index (χ0n) is 14.9. The number of unbranched alkanes of at least 4 members (excludes halogenated alkanes) is 9. The van der Waals surface area contributed by atoms with Crippen LogP contribution in [0.2, 0.25) is 0 Å². The highest BCUT2D eigenvalue weighted by atomic mass is 31.2. The Bertz CT molecular complexity index is 270. The molecule has 144 valence electrons. The largest absolute Gasteiger partial charge is 0.330 e. The average Bonchev–Trinajstić information content (AvgIpc) is 2.33. The number of nitrogens with two attached hydrogens (primary N) is 1. The molecule has 23 heavy (non-hydrogen) atoms. The quantitative estimate of drug-likeness (QED) is 0.290. The van der Waals surface area contributed by atoms with Gasteiger partial charge in [0.15, 0.2) is 0 Å². The van der Waals surface area contributed by atoms with Crippen LogP contribution in [0.15, 0.2) is 0 Å². The van der Waals surface area contributed by atoms with Crippen LogP contribution in [-0.2, 0) is 9.13 Å². The fourth-order valence-electron chi connectivity index (χ4n) is 1.63. The van der Waals surface area contributed by atoms with Crippen molar-refractivity contribution in [1.82, 2.24) is 0 Å². The van der Waals surface area contributed by atoms with Gasteiger partial charge in [0.1, 0.15) is 0 Å². The summed E-state index contributed by atoms with van der Waals surface area (Å²) in [6.45, 7) is 4.85. The van der Waals surface area contributed by atoms with Crippen LogP contribution in [0.25, 0.3) is 0 Å². The fraction of sp³-hybridized carbons (Fsp3) is 1.00. The number of hydrogen-bond donors (Lipinski definition) is 5. The molecule has 9 heteroatoms. The van der Waals surface area contributed by atoms with Crippen molar-refractivity contribution in [3.05, 3.63) is 0 Å². The third kappa shape index (κ3) is 86.8. The van der Waals surface area contributed by atoms with Gasteiger partial charge in [0.05, 0.1) is 0 Å². The maximum Gasteiger partial charge on any atom is 0.322 e. The normalized spacial score (nSPS) is 11.1. The molecule has 0 amide bonds. The summed E-state index contributed by atoms with van der Waals surface area (Å²) in [5.74, 6) is 0. The van der Waals surface area contributed by atoms with Crippen LogP contribution in [0.1, 0.15) is 71.1 Å². The van der Waals surface area contributed by atoms with Gasteiger partial charge >= 0.3 is 15.2 Å². The van der Waals surface area contributed by atoms with Crippen molar-refractivity contribution >= 4 is 15.2 Å². The van der Waals surface area contributed by atoms with Gasteiger partial charge in [-0.15, -0.1) is 0 Å². The van der Waals surface area contributed by atoms with Crippen LogP contribution in [0.3, 0.4) is 0 Å². The minimum Gasteiger partial charge on any atom is -0.330 e. The maximum atomic E-state index is 9.33. The summed E-state index contributed by atoms with van der Waals surface area (Å²) in [7, 11) is -7.28. The Hall–Kier alpha value is 0.260. The zero-order valence-corrected chi connectivity index (χ0v) is 16.6. The van der Waals surface area contributed by atoms with E-state index in [1.165, 1.54) is 64.2 Å². The second-order valence-corrected chi connectivity index (χ2v) is 8.98. The molecular weight excluding hydrogens is 340 g/mol. The molecular formula is C14H37NO6P2. The van der Waals surface area contributed by atoms with Gasteiger partial charge in [0, 0.05) is 13.3 Å². The average molecular weight is 377 g/mol. The van der Waals surface area contributed by atoms with E-state index in [0.717, 1.165) is 19.9 Å². The molecule has 0 radical (unpaired) electrons. The minimum absolute atomic E-state index is 0.854. The summed E-state index contributed by atoms with van der Waals surface area (Å²) in [6, 6.07) is 0. The van der Waals surface area contributed by atoms with Crippen molar-refractivity contribution in [2.24, 2.45) is 5.73 Å². The number of hydrogen-bond acceptors (Lipinski definition) is 3. The second-order valence-electron chi connectivity index (χ2n) is 5.64. The highest BCUT2D eigenvalue weighted by Gasteiger charge is 1.96. The molecule has 0 aromatic rings. The standard InChI is InChI=1S/C12H27N.2CH5O3P/c1-2-3-4-5-6-7-8-9-10-11-12-13;2*1-5(2,3)4/h2-13H2,1H3;2*1H3,(H2,2,3,4). The van der Waals surface area contributed by atoms with Crippen LogP contribution >= 0.6 is 15.2 Å². The highest BCUT2D eigenvalue weighted by Crippen LogP contribution is 2.27. The summed E-state index contributed by atoms with van der Waals surface area (Å²) in [6.07, 6.45) is 13.9. The molecule has 0 fully saturated rings. The van der Waals surface area contributed by atoms with E-state index < -0.39 is 15.2 Å². The SMILES string of the molecule is CCCCCCCCCCCCN.CP(=O)(O)O.CP(=O)(O)O. The Balaban J connectivity index is -0.000000329. The molecule has 0 atom stereocenters. The van der Waals surface area contributed by atoms with Gasteiger partial charge in [0.25, 0.3) is 0 Å². The molecule has 0 bridgehead atoms. The molecule has 0 heterocycles. The number of rotatable bonds is 10. The Kier molecular flexibility index (Phi) is 22.7. The lowest BCUT2D eigenvalue weighted by Gasteiger charge is -2.00. The van der Waals surface area contributed by atoms with Crippen molar-refractivity contribution in [2.45, 2.75) is 71.1 Å². The lowest BCUT2D eigenvalue weighted by molar-refractivity contribution is 0.379. The van der Waals surface area contributed by atoms with Crippen LogP contribution in [-0.4, -0.2) is 39.4 Å². The lowest BCUT2D eigenvalue weighted by atomic mass is 10.1. The first-order valence-electron chi connectivity index (χ1n) is 8.17. The monoisotopic (exact) mass is 377 g/mol. The van der Waals surface area contributed by atoms with E-state index in [2.05, 4.69) is 6.92 Å². The Morgan fingerprint density at radius 1 is 0.652 bits per heavy atom. The van der Waals surface area contributed by atoms with Gasteiger partial charge in [-0.3, -0.25) is 9.13 Å². The summed E-state index contributed by atoms with van der Waals surface area (Å²) >= 11 is 0. The smallest absolute Gasteiger partial charge is 0.322 e. The van der Waals surface area contributed by atoms with Crippen molar-refractivity contribution in [3.8, 4) is 0 Å². The van der Waals surface area contributed by atoms with Gasteiger partial charge < -0.3 is 25.3 Å². The molecule has 0 aliphatic rings. The van der Waals surface area contributed by atoms with E-state index in [1.54, 1.807) is 0 Å². The van der Waals surface area contributed by atoms with Gasteiger partial charge in [-0.25, -0.2) is 0 Å². The molecule has 0 saturated heterocycles. The van der Waals surface area contributed by atoms with Gasteiger partial charge in [-0.1, -0.05) is 64.7 Å². The van der Waals surface area contributed by atoms with Gasteiger partial charge in [0.2, 0.25) is 0 Å². The first kappa shape index (κ1) is 28.1. The van der Waals surface area contributed by atoms with Gasteiger partial charge in [-0.2, -0.15) is 0 Å². The van der Waals surface area contributed by atoms with Crippen molar-refractivity contribution in [3.63, 3.8) is 0 Å². The van der Waals surface area contributed by atoms with E-state index in [1.807, 2.05) is 0 Å². The molecule has 0 aliphatic carbocycles. The molecule has 0 rings (SSSR count). The van der Waals surface area contributed by atoms with Crippen molar-refractivity contribution in [2.75, 3.05) is 19.9 Å². The van der Waals surface area contributed by atoms with E-state index in [0.29, 0.717) is 0 Å². The predicted octanol–water partition coefficient (Wildman–Crippen LogP) is 3.45. The third-order valence-corrected chi connectivity index (χ3v) is 2.56. The van der Waals surface area contributed by atoms with Crippen LogP contribution in [0.5, 0.6) is 0 Å². The Morgan fingerprint density at radius 3 is 1.09 bits per heavy atom. The van der Waals surface area contributed by atoms with Crippen LogP contribution in [0.4, 0.5) is 0 Å². The molecule has 0 aromatic heterocycles. The van der Waals surface area contributed by atoms with E-state index >= 15 is 0 Å². The first-order chi connectivity index (χ1) is 10.4. The maximum absolute atomic E-state index is 9.33. The minimum atomic E-state index is -3.64. The van der Waals surface area contributed by atoms with Crippen molar-refractivity contribution in [1.29, 1.82) is 0 Å². The highest BCUT2D eigenvalue weighted by molar-refractivity contribution is 7.51. The molecule has 0 aromatic carbocycles. The summed E-state index contributed by atoms with van der Waals surface area (Å²) in [4.78, 5) is 30.5. The predicted molar refractivity (Wildman–Crippen MR) is 96.8 cm³/mol. The molecule has 0 unspecified atom stereocenters. The molecule has 7 nitrogen and oxygen atoms in total. The fourth-order valence-corrected chi connectivity index (χ4v) is 1.63. The zero-order chi connectivity index (χ0) is 18.8. The molecule has 0 aliphatic heterocycles. The van der Waals surface area contributed by atoms with E-state index in [-0.39, 0.29) is 0 Å². The van der Waals surface area contributed by atoms with Crippen LogP contribution in [0, 0.1) is 0 Å². The molecule has 0 spiro atoms. The van der Waals surface area contributed by atoms with Crippen molar-refractivity contribution < 1.29 is 28.7 Å². The Morgan fingerprint density at radius 2 is 0.870 bits per heavy atom. The molecule has 6 N–H and O–H groups in total. The Labute approximate surface area is 141 Å². The van der Waals surface area contributed by atoms with E-state index in [4.69, 9.17) is 25.3 Å². The first-order valence-corrected chi connectivity index (χ1v) is 12.3. The third-order valence-electron chi connectivity index (χ3n) is 2.56. The summed E-state index contributed by atoms with van der Waals surface area (Å²) < 4.78 is 18.7. The second kappa shape index (κ2) is 18.6. The molecule has 0 saturated carbocycles. The summed E-state index contributed by atoms with van der Waals surface area (Å²) in [5.41, 5.74) is 5.42. The lowest BCUT2D eigenvalue weighted by Crippen LogP contribution is -1.97. The summed E-state index contributed by atoms with van der Waals surface area (Å²) in [5, 5.41) is 0. The van der Waals surface area contributed by atoms with Crippen LogP contribution < -0.4 is 5.73 Å². The van der Waals surface area contributed by atoms with Gasteiger partial charge in [-0.05, 0) is 13.0 Å². The topological polar surface area (TPSA) is 141 Å². The van der Waals surface area contributed by atoms with E-state index in [9.17, 15) is 9.13 Å².